The monoisotopic (exact) mass is 264 g/mol. The van der Waals surface area contributed by atoms with E-state index in [1.807, 2.05) is 22.0 Å². The number of nitrogens with zero attached hydrogens (tertiary/aromatic N) is 6. The van der Waals surface area contributed by atoms with Crippen LogP contribution in [-0.4, -0.2) is 19.6 Å². The van der Waals surface area contributed by atoms with Crippen LogP contribution in [0.25, 0.3) is 0 Å². The fourth-order valence-electron chi connectivity index (χ4n) is 1.88. The van der Waals surface area contributed by atoms with Gasteiger partial charge in [-0.15, -0.1) is 9.36 Å². The summed E-state index contributed by atoms with van der Waals surface area (Å²) in [5.74, 6) is 0. The highest BCUT2D eigenvalue weighted by molar-refractivity contribution is 4.53. The van der Waals surface area contributed by atoms with Crippen molar-refractivity contribution in [2.24, 2.45) is 0 Å². The summed E-state index contributed by atoms with van der Waals surface area (Å²) < 4.78 is 8.22. The third-order valence-corrected chi connectivity index (χ3v) is 3.09. The summed E-state index contributed by atoms with van der Waals surface area (Å²) in [4.78, 5) is 0. The van der Waals surface area contributed by atoms with Crippen molar-refractivity contribution in [3.8, 4) is 0 Å². The Bertz CT molecular complexity index is 464. The molecular weight excluding hydrogens is 240 g/mol. The minimum atomic E-state index is 0.417. The molecule has 0 bridgehead atoms. The molecule has 104 valence electrons. The van der Waals surface area contributed by atoms with E-state index in [1.54, 1.807) is 0 Å². The summed E-state index contributed by atoms with van der Waals surface area (Å²) in [7, 11) is 0. The molecule has 0 spiro atoms. The zero-order valence-corrected chi connectivity index (χ0v) is 12.3. The second-order valence-electron chi connectivity index (χ2n) is 5.47. The van der Waals surface area contributed by atoms with E-state index in [4.69, 9.17) is 0 Å². The van der Waals surface area contributed by atoms with Crippen LogP contribution in [0.1, 0.15) is 46.2 Å². The lowest BCUT2D eigenvalue weighted by molar-refractivity contribution is -0.727. The largest absolute Gasteiger partial charge is 0.265 e. The molecule has 0 atom stereocenters. The first-order chi connectivity index (χ1) is 9.06. The molecule has 0 aliphatic carbocycles. The maximum atomic E-state index is 4.33. The topological polar surface area (TPSA) is 43.4 Å². The van der Waals surface area contributed by atoms with Crippen LogP contribution >= 0.6 is 0 Å². The highest BCUT2D eigenvalue weighted by Gasteiger charge is 2.11. The summed E-state index contributed by atoms with van der Waals surface area (Å²) in [6, 6.07) is 0.833. The Morgan fingerprint density at radius 1 is 0.842 bits per heavy atom. The molecule has 0 unspecified atom stereocenters. The van der Waals surface area contributed by atoms with Crippen LogP contribution in [0.3, 0.4) is 0 Å². The van der Waals surface area contributed by atoms with Gasteiger partial charge in [-0.3, -0.25) is 0 Å². The number of aryl methyl sites for hydroxylation is 2. The Balaban J connectivity index is 1.82. The molecule has 0 saturated heterocycles. The van der Waals surface area contributed by atoms with Crippen LogP contribution in [0, 0.1) is 0 Å². The molecule has 0 aliphatic heterocycles. The van der Waals surface area contributed by atoms with Gasteiger partial charge in [0.1, 0.15) is 12.1 Å². The van der Waals surface area contributed by atoms with Crippen molar-refractivity contribution in [3.05, 3.63) is 25.3 Å². The van der Waals surface area contributed by atoms with Crippen LogP contribution in [0.2, 0.25) is 0 Å². The summed E-state index contributed by atoms with van der Waals surface area (Å²) in [6.45, 7) is 10.5. The van der Waals surface area contributed by atoms with Gasteiger partial charge in [-0.2, -0.15) is 0 Å². The van der Waals surface area contributed by atoms with Gasteiger partial charge in [0.05, 0.1) is 13.1 Å². The fourth-order valence-corrected chi connectivity index (χ4v) is 1.88. The van der Waals surface area contributed by atoms with Crippen molar-refractivity contribution in [1.29, 1.82) is 0 Å². The highest BCUT2D eigenvalue weighted by atomic mass is 15.4. The maximum absolute atomic E-state index is 4.33. The van der Waals surface area contributed by atoms with E-state index in [-0.39, 0.29) is 0 Å². The molecule has 2 heterocycles. The van der Waals surface area contributed by atoms with Crippen LogP contribution in [0.4, 0.5) is 0 Å². The zero-order chi connectivity index (χ0) is 13.8. The molecule has 0 aromatic carbocycles. The normalized spacial score (nSPS) is 11.7. The molecular formula is C13H24N6+2. The lowest BCUT2D eigenvalue weighted by atomic mass is 10.4. The quantitative estimate of drug-likeness (QED) is 0.728. The molecule has 0 N–H and O–H groups in total. The van der Waals surface area contributed by atoms with Gasteiger partial charge >= 0.3 is 0 Å². The van der Waals surface area contributed by atoms with Gasteiger partial charge in [-0.1, -0.05) is 0 Å². The van der Waals surface area contributed by atoms with Gasteiger partial charge in [0.15, 0.2) is 0 Å². The lowest BCUT2D eigenvalue weighted by Crippen LogP contribution is -2.37. The first-order valence-electron chi connectivity index (χ1n) is 6.92. The summed E-state index contributed by atoms with van der Waals surface area (Å²) in [5.41, 5.74) is 0. The van der Waals surface area contributed by atoms with Gasteiger partial charge in [-0.05, 0) is 27.7 Å². The Morgan fingerprint density at radius 2 is 1.26 bits per heavy atom. The predicted octanol–water partition coefficient (Wildman–Crippen LogP) is 0.907. The molecule has 2 aromatic heterocycles. The first kappa shape index (κ1) is 13.7. The Labute approximate surface area is 114 Å². The molecule has 0 saturated carbocycles. The molecule has 19 heavy (non-hydrogen) atoms. The third kappa shape index (κ3) is 3.62. The first-order valence-corrected chi connectivity index (χ1v) is 6.92. The smallest absolute Gasteiger partial charge is 0.237 e. The Morgan fingerprint density at radius 3 is 1.58 bits per heavy atom. The molecule has 2 aromatic rings. The maximum Gasteiger partial charge on any atom is 0.265 e. The van der Waals surface area contributed by atoms with Crippen LogP contribution < -0.4 is 9.13 Å². The van der Waals surface area contributed by atoms with Crippen molar-refractivity contribution in [2.45, 2.75) is 59.3 Å². The van der Waals surface area contributed by atoms with E-state index in [2.05, 4.69) is 59.7 Å². The average Bonchev–Trinajstić information content (AvgIpc) is 2.97. The average molecular weight is 264 g/mol. The van der Waals surface area contributed by atoms with E-state index >= 15 is 0 Å². The summed E-state index contributed by atoms with van der Waals surface area (Å²) in [5, 5.41) is 8.65. The number of hydrogen-bond acceptors (Lipinski definition) is 2. The van der Waals surface area contributed by atoms with Gasteiger partial charge < -0.3 is 0 Å². The lowest BCUT2D eigenvalue weighted by Gasteiger charge is -1.97. The predicted molar refractivity (Wildman–Crippen MR) is 70.2 cm³/mol. The number of aromatic nitrogens is 6. The van der Waals surface area contributed by atoms with E-state index in [0.717, 1.165) is 19.5 Å². The van der Waals surface area contributed by atoms with Crippen LogP contribution in [-0.2, 0) is 13.1 Å². The molecule has 0 aliphatic rings. The third-order valence-electron chi connectivity index (χ3n) is 3.09. The van der Waals surface area contributed by atoms with Gasteiger partial charge in [0, 0.05) is 16.6 Å². The molecule has 0 amide bonds. The molecule has 0 radical (unpaired) electrons. The highest BCUT2D eigenvalue weighted by Crippen LogP contribution is 1.98. The van der Waals surface area contributed by atoms with E-state index in [1.165, 1.54) is 0 Å². The summed E-state index contributed by atoms with van der Waals surface area (Å²) >= 11 is 0. The van der Waals surface area contributed by atoms with Crippen molar-refractivity contribution in [2.75, 3.05) is 0 Å². The van der Waals surface area contributed by atoms with Crippen molar-refractivity contribution < 1.29 is 9.13 Å². The Kier molecular flexibility index (Phi) is 4.29. The Hall–Kier alpha value is -1.72. The van der Waals surface area contributed by atoms with Crippen molar-refractivity contribution in [3.63, 3.8) is 0 Å². The minimum absolute atomic E-state index is 0.417. The molecule has 6 nitrogen and oxygen atoms in total. The number of rotatable bonds is 6. The van der Waals surface area contributed by atoms with Gasteiger partial charge in [-0.25, -0.2) is 9.13 Å². The minimum Gasteiger partial charge on any atom is -0.237 e. The second kappa shape index (κ2) is 5.95. The van der Waals surface area contributed by atoms with Gasteiger partial charge in [0.25, 0.3) is 12.7 Å². The standard InChI is InChI=1S/C13H24N6/c1-12(2)18-10-16(8-14-18)6-5-7-17-9-15-19(11-17)13(3)4/h8-13H,5-7H2,1-4H3/q+2. The van der Waals surface area contributed by atoms with Crippen molar-refractivity contribution in [1.82, 2.24) is 19.6 Å². The molecule has 2 rings (SSSR count). The van der Waals surface area contributed by atoms with E-state index < -0.39 is 0 Å². The van der Waals surface area contributed by atoms with E-state index in [0.29, 0.717) is 12.1 Å². The van der Waals surface area contributed by atoms with Crippen molar-refractivity contribution >= 4 is 0 Å². The summed E-state index contributed by atoms with van der Waals surface area (Å²) in [6.07, 6.45) is 8.98. The van der Waals surface area contributed by atoms with Crippen LogP contribution in [0.5, 0.6) is 0 Å². The fraction of sp³-hybridized carbons (Fsp3) is 0.692. The van der Waals surface area contributed by atoms with Crippen LogP contribution in [0.15, 0.2) is 25.3 Å². The van der Waals surface area contributed by atoms with Gasteiger partial charge in [0.2, 0.25) is 12.7 Å². The molecule has 6 heteroatoms. The number of hydrogen-bond donors (Lipinski definition) is 0. The SMILES string of the molecule is CC(C)n1c[n+](CCC[n+]2cnn(C(C)C)c2)cn1. The zero-order valence-electron chi connectivity index (χ0n) is 12.3. The molecule has 0 fully saturated rings. The second-order valence-corrected chi connectivity index (χ2v) is 5.47. The van der Waals surface area contributed by atoms with E-state index in [9.17, 15) is 0 Å².